The van der Waals surface area contributed by atoms with Crippen LogP contribution < -0.4 is 53.0 Å². The Morgan fingerprint density at radius 3 is 1.10 bits per heavy atom. The van der Waals surface area contributed by atoms with Crippen molar-refractivity contribution in [2.24, 2.45) is 55.4 Å². The number of aromatic nitrogens is 6. The number of nitrogens with one attached hydrogen (secondary N) is 5. The average molecular weight is 2110 g/mol. The first kappa shape index (κ1) is 115. The fraction of sp³-hybridized carbons (Fsp3) is 0.446. The predicted octanol–water partition coefficient (Wildman–Crippen LogP) is 15.6. The van der Waals surface area contributed by atoms with Crippen molar-refractivity contribution in [2.45, 2.75) is 195 Å². The summed E-state index contributed by atoms with van der Waals surface area (Å²) in [5, 5.41) is 74.1. The van der Waals surface area contributed by atoms with E-state index in [0.29, 0.717) is 122 Å². The van der Waals surface area contributed by atoms with Gasteiger partial charge in [-0.25, -0.2) is 24.2 Å². The summed E-state index contributed by atoms with van der Waals surface area (Å²) in [6.45, 7) is 26.8. The molecule has 0 saturated carbocycles. The number of phenolic OH excluding ortho intramolecular Hbond substituents is 1. The highest BCUT2D eigenvalue weighted by Crippen LogP contribution is 2.46. The maximum Gasteiger partial charge on any atom is 0.488 e. The smallest absolute Gasteiger partial charge is 0.488 e. The molecule has 43 heteroatoms. The van der Waals surface area contributed by atoms with E-state index in [1.54, 1.807) is 138 Å². The largest absolute Gasteiger partial charge is 0.506 e. The number of piperidine rings is 3. The molecule has 0 aliphatic carbocycles. The Bertz CT molecular complexity index is 6070. The number of carbonyl (C=O) groups is 10. The minimum absolute atomic E-state index is 0.0826. The molecule has 3 aliphatic rings. The highest BCUT2D eigenvalue weighted by atomic mass is 35.5. The van der Waals surface area contributed by atoms with Crippen molar-refractivity contribution < 1.29 is 92.3 Å². The first-order valence-electron chi connectivity index (χ1n) is 47.2. The molecule has 0 radical (unpaired) electrons. The van der Waals surface area contributed by atoms with Crippen LogP contribution in [0.15, 0.2) is 132 Å². The van der Waals surface area contributed by atoms with Crippen LogP contribution in [0.25, 0.3) is 33.8 Å². The molecule has 144 heavy (non-hydrogen) atoms. The van der Waals surface area contributed by atoms with Gasteiger partial charge in [-0.05, 0) is 220 Å². The summed E-state index contributed by atoms with van der Waals surface area (Å²) in [7, 11) is 4.23. The minimum Gasteiger partial charge on any atom is -0.506 e. The summed E-state index contributed by atoms with van der Waals surface area (Å²) < 4.78 is 27.7. The highest BCUT2D eigenvalue weighted by Gasteiger charge is 2.35. The number of aromatic hydroxyl groups is 1. The van der Waals surface area contributed by atoms with E-state index >= 15 is 0 Å². The summed E-state index contributed by atoms with van der Waals surface area (Å²) in [5.74, 6) is -2.04. The maximum atomic E-state index is 13.0. The van der Waals surface area contributed by atoms with Gasteiger partial charge in [-0.15, -0.1) is 0 Å². The number of aryl methyl sites for hydroxylation is 4. The number of halogens is 6. The average Bonchev–Trinajstić information content (AvgIpc) is 1.63. The van der Waals surface area contributed by atoms with Gasteiger partial charge in [-0.2, -0.15) is 15.3 Å². The van der Waals surface area contributed by atoms with Crippen LogP contribution in [0.5, 0.6) is 28.7 Å². The van der Waals surface area contributed by atoms with Crippen LogP contribution in [-0.4, -0.2) is 230 Å². The van der Waals surface area contributed by atoms with E-state index in [1.807, 2.05) is 98.6 Å². The summed E-state index contributed by atoms with van der Waals surface area (Å²) >= 11 is 38.9. The number of hydrogen-bond acceptors (Lipinski definition) is 21. The Balaban J connectivity index is 0.000000230. The number of aromatic carboxylic acids is 2. The molecule has 3 aliphatic heterocycles. The molecule has 9 aromatic rings. The normalized spacial score (nSPS) is 14.2. The molecule has 3 atom stereocenters. The number of carboxylic acids is 2. The van der Waals surface area contributed by atoms with Gasteiger partial charge < -0.3 is 97.1 Å². The quantitative estimate of drug-likeness (QED) is 0.0109. The second kappa shape index (κ2) is 52.4. The Labute approximate surface area is 868 Å². The van der Waals surface area contributed by atoms with E-state index in [4.69, 9.17) is 110 Å². The number of aliphatic imine (C=N–C) groups is 1. The number of carbonyl (C=O) groups excluding carboxylic acids is 8. The second-order valence-electron chi connectivity index (χ2n) is 38.6. The highest BCUT2D eigenvalue weighted by molar-refractivity contribution is 6.58. The second-order valence-corrected chi connectivity index (χ2v) is 40.9. The lowest BCUT2D eigenvalue weighted by molar-refractivity contribution is -0.134. The molecule has 3 saturated heterocycles. The number of carboxylic acid groups (broad SMARTS) is 2. The third-order valence-corrected chi connectivity index (χ3v) is 26.1. The van der Waals surface area contributed by atoms with E-state index in [9.17, 15) is 63.3 Å². The van der Waals surface area contributed by atoms with Crippen LogP contribution in [0.3, 0.4) is 0 Å². The van der Waals surface area contributed by atoms with Crippen molar-refractivity contribution in [3.8, 4) is 62.5 Å². The predicted molar refractivity (Wildman–Crippen MR) is 555 cm³/mol. The van der Waals surface area contributed by atoms with E-state index in [-0.39, 0.29) is 143 Å². The number of hydrogen-bond donors (Lipinski definition) is 12. The fourth-order valence-electron chi connectivity index (χ4n) is 16.4. The lowest BCUT2D eigenvalue weighted by Crippen LogP contribution is -2.51. The molecule has 6 aromatic carbocycles. The number of nitrogens with zero attached hydrogens (tertiary/aromatic N) is 10. The van der Waals surface area contributed by atoms with Gasteiger partial charge in [0.15, 0.2) is 5.96 Å². The number of likely N-dealkylation sites (tertiary alicyclic amines) is 3. The van der Waals surface area contributed by atoms with Crippen molar-refractivity contribution >= 4 is 148 Å². The first-order chi connectivity index (χ1) is 67.7. The Kier molecular flexibility index (Phi) is 42.0. The lowest BCUT2D eigenvalue weighted by atomic mass is 9.80. The van der Waals surface area contributed by atoms with Crippen LogP contribution in [0.4, 0.5) is 9.59 Å². The van der Waals surface area contributed by atoms with E-state index in [2.05, 4.69) is 46.9 Å². The number of phenols is 1. The van der Waals surface area contributed by atoms with Gasteiger partial charge in [-0.1, -0.05) is 153 Å². The molecular formula is C101H128BCl6N17O19. The van der Waals surface area contributed by atoms with Crippen molar-refractivity contribution in [3.05, 3.63) is 191 Å². The molecule has 3 aromatic heterocycles. The number of nitrogens with two attached hydrogens (primary N) is 2. The molecule has 8 amide bonds. The van der Waals surface area contributed by atoms with Crippen LogP contribution in [0, 0.1) is 24.7 Å². The Morgan fingerprint density at radius 1 is 0.451 bits per heavy atom. The molecule has 0 unspecified atom stereocenters. The van der Waals surface area contributed by atoms with Crippen molar-refractivity contribution in [3.63, 3.8) is 0 Å². The van der Waals surface area contributed by atoms with Gasteiger partial charge in [0.2, 0.25) is 35.4 Å². The van der Waals surface area contributed by atoms with Crippen molar-refractivity contribution in [1.82, 2.24) is 70.6 Å². The number of amides is 8. The number of guanidine groups is 1. The Morgan fingerprint density at radius 2 is 0.785 bits per heavy atom. The first-order valence-corrected chi connectivity index (χ1v) is 49.4. The summed E-state index contributed by atoms with van der Waals surface area (Å²) in [6.07, 6.45) is 4.24. The van der Waals surface area contributed by atoms with E-state index in [0.717, 1.165) is 48.3 Å². The van der Waals surface area contributed by atoms with Crippen LogP contribution in [0.2, 0.25) is 30.1 Å². The lowest BCUT2D eigenvalue weighted by Gasteiger charge is -2.32. The van der Waals surface area contributed by atoms with E-state index < -0.39 is 72.4 Å². The zero-order valence-electron chi connectivity index (χ0n) is 83.5. The fourth-order valence-corrected chi connectivity index (χ4v) is 17.8. The molecule has 36 nitrogen and oxygen atoms in total. The van der Waals surface area contributed by atoms with Gasteiger partial charge in [0, 0.05) is 112 Å². The number of benzene rings is 6. The maximum absolute atomic E-state index is 13.0. The standard InChI is InChI=1S/C35H43Cl2N5O7.C31H37Cl2N7O5.C28H39Cl2N5O5.C7H9BO2/c1-20(2)16-26(39-34(47)49-35(3,4)5)32(44)38-19-29(43)42-14-12-21(13-15-42)27-18-25(40-41(27)6)24-10-11-28(31(37)30(24)36)48-23-9-7-8-22(17-23)33(45)46;1-17(2)13-23(37-31(34)35)29(42)36-16-26(41)40-11-9-18(10-12-40)24-15-22(38-39(24)3)21-7-8-25(28(33)27(21)32)45-20-6-4-5-19(14-20)30(43)44;1-16(2)13-20(32-27(39)40-28(3,4)5)26(38)31-15-23(37)35-11-9-17(10-12-35)21-14-19(33-34(21)6)18-7-8-22(36)25(30)24(18)29;1-6-3-2-4-7(5-6)8(9)10/h7-11,17-18,20-21,26H,12-16,19H2,1-6H3,(H,38,44)(H,39,47)(H,45,46);4-8,14-15,17-18,23H,9-13,16H2,1-3H3,(H,36,42)(H,43,44)(H4,34,35,37);7-8,14,16-17,20,36H,9-13,15H2,1-6H3,(H,31,38)(H,32,39);2-5,9-10H,1H3/t26-;23-;20-;/m111./s1. The molecule has 12 rings (SSSR count). The minimum atomic E-state index is -1.35. The monoisotopic (exact) mass is 2100 g/mol. The zero-order chi connectivity index (χ0) is 106. The molecule has 6 heterocycles. The summed E-state index contributed by atoms with van der Waals surface area (Å²) in [5.41, 5.74) is 18.1. The molecule has 776 valence electrons. The van der Waals surface area contributed by atoms with Crippen LogP contribution in [0.1, 0.15) is 202 Å². The third-order valence-electron chi connectivity index (χ3n) is 23.5. The summed E-state index contributed by atoms with van der Waals surface area (Å²) in [6, 6.07) is 32.8. The number of ether oxygens (including phenoxy) is 4. The van der Waals surface area contributed by atoms with Gasteiger partial charge in [-0.3, -0.25) is 42.8 Å². The van der Waals surface area contributed by atoms with Gasteiger partial charge in [0.05, 0.1) is 62.9 Å². The van der Waals surface area contributed by atoms with Crippen molar-refractivity contribution in [1.29, 1.82) is 0 Å². The van der Waals surface area contributed by atoms with E-state index in [1.165, 1.54) is 30.3 Å². The molecule has 14 N–H and O–H groups in total. The molecular weight excluding hydrogens is 1980 g/mol. The van der Waals surface area contributed by atoms with Crippen molar-refractivity contribution in [2.75, 3.05) is 58.9 Å². The van der Waals surface area contributed by atoms with Gasteiger partial charge >= 0.3 is 31.2 Å². The van der Waals surface area contributed by atoms with Gasteiger partial charge in [0.25, 0.3) is 0 Å². The van der Waals surface area contributed by atoms with Crippen LogP contribution in [-0.2, 0) is 59.4 Å². The zero-order valence-corrected chi connectivity index (χ0v) is 88.0. The topological polar surface area (TPSA) is 496 Å². The molecule has 0 spiro atoms. The Hall–Kier alpha value is -12.4. The van der Waals surface area contributed by atoms with Gasteiger partial charge in [0.1, 0.15) is 73.1 Å². The SMILES string of the molecule is CC(C)C[C@@H](N=C(N)N)C(=O)NCC(=O)N1CCC(c2cc(-c3ccc(Oc4cccc(C(=O)O)c4)c(Cl)c3Cl)nn2C)CC1.CC(C)C[C@@H](NC(=O)OC(C)(C)C)C(=O)NCC(=O)N1CCC(c2cc(-c3ccc(O)c(Cl)c3Cl)nn2C)CC1.CC(C)C[C@@H](NC(=O)OC(C)(C)C)C(=O)NCC(=O)N1CCC(c2cc(-c3ccc(Oc4cccc(C(=O)O)c4)c(Cl)c3Cl)nn2C)CC1.Cc1cccc(B(O)O)c1. The number of alkyl carbamates (subject to hydrolysis) is 2. The third kappa shape index (κ3) is 33.9. The number of rotatable bonds is 31. The molecule has 0 bridgehead atoms. The summed E-state index contributed by atoms with van der Waals surface area (Å²) in [4.78, 5) is 134. The molecule has 3 fully saturated rings. The van der Waals surface area contributed by atoms with Crippen LogP contribution >= 0.6 is 69.6 Å².